The Kier molecular flexibility index (Phi) is 3.87. The normalized spacial score (nSPS) is 25.9. The average molecular weight is 158 g/mol. The van der Waals surface area contributed by atoms with Crippen LogP contribution in [0.4, 0.5) is 0 Å². The maximum atomic E-state index is 5.50. The van der Waals surface area contributed by atoms with Gasteiger partial charge in [0.2, 0.25) is 0 Å². The van der Waals surface area contributed by atoms with Gasteiger partial charge < -0.3 is 9.47 Å². The van der Waals surface area contributed by atoms with Crippen molar-refractivity contribution in [2.24, 2.45) is 5.92 Å². The first-order valence-corrected chi connectivity index (χ1v) is 4.48. The van der Waals surface area contributed by atoms with Gasteiger partial charge in [-0.05, 0) is 26.7 Å². The molecule has 1 aliphatic heterocycles. The van der Waals surface area contributed by atoms with Crippen molar-refractivity contribution in [2.75, 3.05) is 19.8 Å². The minimum atomic E-state index is 0.358. The van der Waals surface area contributed by atoms with Crippen molar-refractivity contribution < 1.29 is 9.47 Å². The standard InChI is InChI=1S/C9H18O2/c1-8(2)11-7-9-4-3-5-10-6-9/h8-9H,3-7H2,1-2H3/t9-/m0/s1. The molecule has 0 N–H and O–H groups in total. The SMILES string of the molecule is CC(C)OC[C@H]1CCCOC1. The van der Waals surface area contributed by atoms with Crippen LogP contribution in [0.3, 0.4) is 0 Å². The molecule has 0 bridgehead atoms. The molecule has 0 aromatic carbocycles. The smallest absolute Gasteiger partial charge is 0.0519 e. The molecular formula is C9H18O2. The van der Waals surface area contributed by atoms with Gasteiger partial charge in [-0.25, -0.2) is 0 Å². The zero-order chi connectivity index (χ0) is 8.10. The summed E-state index contributed by atoms with van der Waals surface area (Å²) in [7, 11) is 0. The van der Waals surface area contributed by atoms with Crippen LogP contribution in [0.1, 0.15) is 26.7 Å². The monoisotopic (exact) mass is 158 g/mol. The lowest BCUT2D eigenvalue weighted by molar-refractivity contribution is -0.0123. The molecule has 0 aliphatic carbocycles. The van der Waals surface area contributed by atoms with E-state index in [-0.39, 0.29) is 0 Å². The summed E-state index contributed by atoms with van der Waals surface area (Å²) in [4.78, 5) is 0. The highest BCUT2D eigenvalue weighted by Crippen LogP contribution is 2.13. The van der Waals surface area contributed by atoms with Crippen LogP contribution >= 0.6 is 0 Å². The van der Waals surface area contributed by atoms with Crippen molar-refractivity contribution in [3.05, 3.63) is 0 Å². The van der Waals surface area contributed by atoms with Gasteiger partial charge in [-0.15, -0.1) is 0 Å². The Morgan fingerprint density at radius 3 is 2.91 bits per heavy atom. The first-order valence-electron chi connectivity index (χ1n) is 4.48. The van der Waals surface area contributed by atoms with Gasteiger partial charge in [0, 0.05) is 12.5 Å². The van der Waals surface area contributed by atoms with Crippen LogP contribution in [0.5, 0.6) is 0 Å². The third-order valence-corrected chi connectivity index (χ3v) is 1.92. The van der Waals surface area contributed by atoms with E-state index in [1.807, 2.05) is 0 Å². The lowest BCUT2D eigenvalue weighted by Crippen LogP contribution is -2.23. The van der Waals surface area contributed by atoms with E-state index >= 15 is 0 Å². The molecule has 2 heteroatoms. The second kappa shape index (κ2) is 4.73. The summed E-state index contributed by atoms with van der Waals surface area (Å²) < 4.78 is 10.8. The molecule has 1 rings (SSSR count). The third-order valence-electron chi connectivity index (χ3n) is 1.92. The van der Waals surface area contributed by atoms with Crippen molar-refractivity contribution >= 4 is 0 Å². The van der Waals surface area contributed by atoms with Crippen molar-refractivity contribution in [3.63, 3.8) is 0 Å². The summed E-state index contributed by atoms with van der Waals surface area (Å²) in [5.74, 6) is 0.645. The molecule has 1 saturated heterocycles. The molecular weight excluding hydrogens is 140 g/mol. The summed E-state index contributed by atoms with van der Waals surface area (Å²) in [6.45, 7) is 6.86. The molecule has 66 valence electrons. The zero-order valence-corrected chi connectivity index (χ0v) is 7.51. The molecule has 0 saturated carbocycles. The van der Waals surface area contributed by atoms with Crippen molar-refractivity contribution in [3.8, 4) is 0 Å². The predicted molar refractivity (Wildman–Crippen MR) is 44.6 cm³/mol. The molecule has 1 fully saturated rings. The molecule has 2 nitrogen and oxygen atoms in total. The minimum Gasteiger partial charge on any atom is -0.381 e. The van der Waals surface area contributed by atoms with Crippen LogP contribution in [0.2, 0.25) is 0 Å². The van der Waals surface area contributed by atoms with Crippen molar-refractivity contribution in [1.82, 2.24) is 0 Å². The summed E-state index contributed by atoms with van der Waals surface area (Å²) in [6.07, 6.45) is 2.83. The fourth-order valence-corrected chi connectivity index (χ4v) is 1.27. The molecule has 1 heterocycles. The number of hydrogen-bond acceptors (Lipinski definition) is 2. The van der Waals surface area contributed by atoms with E-state index in [0.29, 0.717) is 12.0 Å². The van der Waals surface area contributed by atoms with Gasteiger partial charge in [-0.2, -0.15) is 0 Å². The van der Waals surface area contributed by atoms with Gasteiger partial charge in [0.05, 0.1) is 19.3 Å². The van der Waals surface area contributed by atoms with E-state index in [4.69, 9.17) is 9.47 Å². The highest BCUT2D eigenvalue weighted by Gasteiger charge is 2.13. The topological polar surface area (TPSA) is 18.5 Å². The van der Waals surface area contributed by atoms with Crippen LogP contribution in [0.25, 0.3) is 0 Å². The quantitative estimate of drug-likeness (QED) is 0.624. The van der Waals surface area contributed by atoms with E-state index in [0.717, 1.165) is 19.8 Å². The van der Waals surface area contributed by atoms with Crippen LogP contribution in [0.15, 0.2) is 0 Å². The minimum absolute atomic E-state index is 0.358. The van der Waals surface area contributed by atoms with Gasteiger partial charge in [-0.3, -0.25) is 0 Å². The summed E-state index contributed by atoms with van der Waals surface area (Å²) >= 11 is 0. The second-order valence-corrected chi connectivity index (χ2v) is 3.47. The largest absolute Gasteiger partial charge is 0.381 e. The van der Waals surface area contributed by atoms with Crippen LogP contribution < -0.4 is 0 Å². The highest BCUT2D eigenvalue weighted by molar-refractivity contribution is 4.62. The second-order valence-electron chi connectivity index (χ2n) is 3.47. The van der Waals surface area contributed by atoms with E-state index in [9.17, 15) is 0 Å². The molecule has 0 radical (unpaired) electrons. The molecule has 0 spiro atoms. The maximum Gasteiger partial charge on any atom is 0.0519 e. The molecule has 0 aromatic heterocycles. The number of hydrogen-bond donors (Lipinski definition) is 0. The Labute approximate surface area is 68.9 Å². The first kappa shape index (κ1) is 9.01. The Morgan fingerprint density at radius 2 is 2.36 bits per heavy atom. The molecule has 0 aromatic rings. The van der Waals surface area contributed by atoms with Crippen molar-refractivity contribution in [1.29, 1.82) is 0 Å². The van der Waals surface area contributed by atoms with E-state index in [1.54, 1.807) is 0 Å². The Balaban J connectivity index is 2.05. The van der Waals surface area contributed by atoms with E-state index < -0.39 is 0 Å². The van der Waals surface area contributed by atoms with Gasteiger partial charge >= 0.3 is 0 Å². The predicted octanol–water partition coefficient (Wildman–Crippen LogP) is 1.84. The maximum absolute atomic E-state index is 5.50. The third kappa shape index (κ3) is 3.73. The number of ether oxygens (including phenoxy) is 2. The molecule has 1 atom stereocenters. The molecule has 0 amide bonds. The fraction of sp³-hybridized carbons (Fsp3) is 1.00. The summed E-state index contributed by atoms with van der Waals surface area (Å²) in [5.41, 5.74) is 0. The van der Waals surface area contributed by atoms with E-state index in [1.165, 1.54) is 12.8 Å². The lowest BCUT2D eigenvalue weighted by atomic mass is 10.0. The van der Waals surface area contributed by atoms with Crippen LogP contribution in [-0.2, 0) is 9.47 Å². The lowest BCUT2D eigenvalue weighted by Gasteiger charge is -2.22. The Bertz CT molecular complexity index is 95.7. The first-order chi connectivity index (χ1) is 5.29. The summed E-state index contributed by atoms with van der Waals surface area (Å²) in [5, 5.41) is 0. The Hall–Kier alpha value is -0.0800. The highest BCUT2D eigenvalue weighted by atomic mass is 16.5. The van der Waals surface area contributed by atoms with Gasteiger partial charge in [0.1, 0.15) is 0 Å². The zero-order valence-electron chi connectivity index (χ0n) is 7.51. The fourth-order valence-electron chi connectivity index (χ4n) is 1.27. The molecule has 11 heavy (non-hydrogen) atoms. The molecule has 0 unspecified atom stereocenters. The van der Waals surface area contributed by atoms with Crippen molar-refractivity contribution in [2.45, 2.75) is 32.8 Å². The van der Waals surface area contributed by atoms with Gasteiger partial charge in [0.15, 0.2) is 0 Å². The van der Waals surface area contributed by atoms with Crippen LogP contribution in [-0.4, -0.2) is 25.9 Å². The number of rotatable bonds is 3. The van der Waals surface area contributed by atoms with Crippen LogP contribution in [0, 0.1) is 5.92 Å². The molecule has 1 aliphatic rings. The summed E-state index contributed by atoms with van der Waals surface area (Å²) in [6, 6.07) is 0. The van der Waals surface area contributed by atoms with Gasteiger partial charge in [0.25, 0.3) is 0 Å². The van der Waals surface area contributed by atoms with Gasteiger partial charge in [-0.1, -0.05) is 0 Å². The average Bonchev–Trinajstić information content (AvgIpc) is 2.03. The van der Waals surface area contributed by atoms with E-state index in [2.05, 4.69) is 13.8 Å². The Morgan fingerprint density at radius 1 is 1.55 bits per heavy atom.